The number of fused-ring (bicyclic) bond motifs is 2. The van der Waals surface area contributed by atoms with Crippen LogP contribution < -0.4 is 9.64 Å². The smallest absolute Gasteiger partial charge is 0.159 e. The van der Waals surface area contributed by atoms with Gasteiger partial charge in [-0.25, -0.2) is 18.7 Å². The third-order valence-corrected chi connectivity index (χ3v) is 6.81. The van der Waals surface area contributed by atoms with E-state index in [1.807, 2.05) is 6.08 Å². The molecule has 0 spiro atoms. The van der Waals surface area contributed by atoms with E-state index in [4.69, 9.17) is 16.3 Å². The van der Waals surface area contributed by atoms with Crippen LogP contribution in [-0.2, 0) is 0 Å². The first-order chi connectivity index (χ1) is 15.9. The number of hydrogen-bond donors (Lipinski definition) is 1. The summed E-state index contributed by atoms with van der Waals surface area (Å²) in [7, 11) is 0. The average molecular weight is 473 g/mol. The van der Waals surface area contributed by atoms with Crippen molar-refractivity contribution in [3.63, 3.8) is 0 Å². The largest absolute Gasteiger partial charge is 0.507 e. The Kier molecular flexibility index (Phi) is 5.58. The molecule has 0 radical (unpaired) electrons. The summed E-state index contributed by atoms with van der Waals surface area (Å²) in [5.74, 6) is -1.32. The molecule has 0 unspecified atom stereocenters. The molecule has 6 nitrogen and oxygen atoms in total. The Morgan fingerprint density at radius 3 is 2.85 bits per heavy atom. The number of phenolic OH excluding ortho intramolecular Hbond substituents is 1. The molecule has 2 aliphatic rings. The first kappa shape index (κ1) is 21.9. The third kappa shape index (κ3) is 3.48. The molecule has 9 heteroatoms. The number of piperazine rings is 1. The number of nitrogens with zero attached hydrogens (tertiary/aromatic N) is 4. The fraction of sp³-hybridized carbons (Fsp3) is 0.333. The Balaban J connectivity index is 1.74. The molecule has 33 heavy (non-hydrogen) atoms. The molecule has 2 aromatic carbocycles. The number of hydrogen-bond acceptors (Lipinski definition) is 6. The van der Waals surface area contributed by atoms with Crippen molar-refractivity contribution in [1.82, 2.24) is 14.9 Å². The zero-order valence-electron chi connectivity index (χ0n) is 18.1. The number of benzene rings is 2. The maximum atomic E-state index is 15.8. The number of phenols is 1. The minimum absolute atomic E-state index is 0.0288. The van der Waals surface area contributed by atoms with Crippen LogP contribution in [0.3, 0.4) is 0 Å². The molecule has 0 amide bonds. The summed E-state index contributed by atoms with van der Waals surface area (Å²) < 4.78 is 36.6. The van der Waals surface area contributed by atoms with Crippen molar-refractivity contribution >= 4 is 28.3 Å². The summed E-state index contributed by atoms with van der Waals surface area (Å²) in [4.78, 5) is 13.2. The zero-order valence-corrected chi connectivity index (χ0v) is 18.8. The van der Waals surface area contributed by atoms with Gasteiger partial charge in [0.1, 0.15) is 29.2 Å². The molecule has 5 rings (SSSR count). The summed E-state index contributed by atoms with van der Waals surface area (Å²) in [6, 6.07) is 4.08. The number of halogens is 3. The van der Waals surface area contributed by atoms with Crippen molar-refractivity contribution in [3.8, 4) is 22.6 Å². The molecule has 1 saturated heterocycles. The van der Waals surface area contributed by atoms with Crippen molar-refractivity contribution in [3.05, 3.63) is 53.8 Å². The molecule has 3 aromatic rings. The van der Waals surface area contributed by atoms with Crippen LogP contribution in [0.15, 0.2) is 37.2 Å². The lowest BCUT2D eigenvalue weighted by molar-refractivity contribution is 0.162. The van der Waals surface area contributed by atoms with Crippen LogP contribution in [0.1, 0.15) is 13.3 Å². The van der Waals surface area contributed by atoms with Gasteiger partial charge >= 0.3 is 0 Å². The Morgan fingerprint density at radius 2 is 2.09 bits per heavy atom. The van der Waals surface area contributed by atoms with E-state index in [9.17, 15) is 9.50 Å². The van der Waals surface area contributed by atoms with Crippen molar-refractivity contribution in [2.45, 2.75) is 25.4 Å². The molecule has 0 aliphatic carbocycles. The molecule has 1 N–H and O–H groups in total. The summed E-state index contributed by atoms with van der Waals surface area (Å²) >= 11 is 6.64. The van der Waals surface area contributed by atoms with Crippen LogP contribution >= 0.6 is 11.6 Å². The first-order valence-corrected chi connectivity index (χ1v) is 11.2. The number of aromatic nitrogens is 2. The van der Waals surface area contributed by atoms with Gasteiger partial charge in [0.25, 0.3) is 0 Å². The number of ether oxygens (including phenoxy) is 1. The summed E-state index contributed by atoms with van der Waals surface area (Å²) in [6.07, 6.45) is 3.88. The second-order valence-corrected chi connectivity index (χ2v) is 8.80. The molecule has 2 aliphatic heterocycles. The van der Waals surface area contributed by atoms with Gasteiger partial charge in [-0.3, -0.25) is 4.90 Å². The minimum atomic E-state index is -0.832. The lowest BCUT2D eigenvalue weighted by Gasteiger charge is -2.46. The molecule has 3 heterocycles. The van der Waals surface area contributed by atoms with Crippen LogP contribution in [0.2, 0.25) is 5.02 Å². The highest BCUT2D eigenvalue weighted by molar-refractivity contribution is 6.36. The Hall–Kier alpha value is -2.97. The highest BCUT2D eigenvalue weighted by Crippen LogP contribution is 2.49. The Bertz CT molecular complexity index is 1230. The van der Waals surface area contributed by atoms with Gasteiger partial charge in [0, 0.05) is 43.7 Å². The normalized spacial score (nSPS) is 20.7. The van der Waals surface area contributed by atoms with E-state index in [0.717, 1.165) is 19.2 Å². The van der Waals surface area contributed by atoms with E-state index in [0.29, 0.717) is 30.8 Å². The van der Waals surface area contributed by atoms with Crippen LogP contribution in [-0.4, -0.2) is 58.3 Å². The van der Waals surface area contributed by atoms with Crippen molar-refractivity contribution in [2.75, 3.05) is 31.1 Å². The van der Waals surface area contributed by atoms with Gasteiger partial charge < -0.3 is 14.7 Å². The lowest BCUT2D eigenvalue weighted by atomic mass is 9.98. The van der Waals surface area contributed by atoms with E-state index in [1.54, 1.807) is 0 Å². The topological polar surface area (TPSA) is 61.7 Å². The summed E-state index contributed by atoms with van der Waals surface area (Å²) in [6.45, 7) is 8.55. The SMILES string of the molecule is C=CCN1C[C@H]2CCOc3c(Cl)c(-c4c(O)cccc4F)c(F)c4ncnc(c34)N2C[C@@H]1C. The van der Waals surface area contributed by atoms with Gasteiger partial charge in [0.15, 0.2) is 11.6 Å². The summed E-state index contributed by atoms with van der Waals surface area (Å²) in [5.41, 5.74) is -0.631. The molecular weight excluding hydrogens is 450 g/mol. The monoisotopic (exact) mass is 472 g/mol. The second-order valence-electron chi connectivity index (χ2n) is 8.42. The van der Waals surface area contributed by atoms with Crippen LogP contribution in [0.25, 0.3) is 22.0 Å². The van der Waals surface area contributed by atoms with Crippen molar-refractivity contribution in [1.29, 1.82) is 0 Å². The standard InChI is InChI=1S/C24H23ClF2N4O2/c1-3-8-30-11-14-7-9-33-23-19-22(28-12-29-24(19)31(14)10-13(30)2)21(27)18(20(23)25)17-15(26)5-4-6-16(17)32/h3-6,12-14,32H,1,7-11H2,2H3/t13-,14+/m0/s1. The van der Waals surface area contributed by atoms with Crippen molar-refractivity contribution in [2.24, 2.45) is 0 Å². The van der Waals surface area contributed by atoms with Gasteiger partial charge in [0.2, 0.25) is 0 Å². The average Bonchev–Trinajstić information content (AvgIpc) is 2.78. The molecule has 2 atom stereocenters. The van der Waals surface area contributed by atoms with E-state index >= 15 is 4.39 Å². The van der Waals surface area contributed by atoms with E-state index in [1.165, 1.54) is 18.5 Å². The van der Waals surface area contributed by atoms with Gasteiger partial charge in [0.05, 0.1) is 22.6 Å². The lowest BCUT2D eigenvalue weighted by Crippen LogP contribution is -2.58. The fourth-order valence-electron chi connectivity index (χ4n) is 4.85. The second kappa shape index (κ2) is 8.43. The highest BCUT2D eigenvalue weighted by atomic mass is 35.5. The van der Waals surface area contributed by atoms with Crippen LogP contribution in [0.4, 0.5) is 14.6 Å². The third-order valence-electron chi connectivity index (χ3n) is 6.45. The predicted octanol–water partition coefficient (Wildman–Crippen LogP) is 4.78. The van der Waals surface area contributed by atoms with Gasteiger partial charge in [-0.2, -0.15) is 0 Å². The minimum Gasteiger partial charge on any atom is -0.507 e. The molecular formula is C24H23ClF2N4O2. The fourth-order valence-corrected chi connectivity index (χ4v) is 5.17. The Labute approximate surface area is 195 Å². The van der Waals surface area contributed by atoms with Gasteiger partial charge in [-0.05, 0) is 19.1 Å². The maximum Gasteiger partial charge on any atom is 0.159 e. The van der Waals surface area contributed by atoms with E-state index in [2.05, 4.69) is 33.3 Å². The van der Waals surface area contributed by atoms with Crippen molar-refractivity contribution < 1.29 is 18.6 Å². The first-order valence-electron chi connectivity index (χ1n) is 10.8. The van der Waals surface area contributed by atoms with E-state index < -0.39 is 17.4 Å². The molecule has 0 saturated carbocycles. The maximum absolute atomic E-state index is 15.8. The number of anilines is 1. The predicted molar refractivity (Wildman–Crippen MR) is 124 cm³/mol. The molecule has 172 valence electrons. The summed E-state index contributed by atoms with van der Waals surface area (Å²) in [5, 5.41) is 10.5. The molecule has 0 bridgehead atoms. The number of rotatable bonds is 3. The number of aromatic hydroxyl groups is 1. The van der Waals surface area contributed by atoms with Crippen LogP contribution in [0.5, 0.6) is 11.5 Å². The molecule has 1 aromatic heterocycles. The van der Waals surface area contributed by atoms with Crippen LogP contribution in [0, 0.1) is 11.6 Å². The van der Waals surface area contributed by atoms with E-state index in [-0.39, 0.29) is 39.5 Å². The van der Waals surface area contributed by atoms with Gasteiger partial charge in [-0.1, -0.05) is 23.7 Å². The molecule has 1 fully saturated rings. The zero-order chi connectivity index (χ0) is 23.3. The quantitative estimate of drug-likeness (QED) is 0.553. The Morgan fingerprint density at radius 1 is 1.27 bits per heavy atom. The highest BCUT2D eigenvalue weighted by Gasteiger charge is 2.36. The van der Waals surface area contributed by atoms with Gasteiger partial charge in [-0.15, -0.1) is 6.58 Å².